The molecule has 0 saturated heterocycles. The summed E-state index contributed by atoms with van der Waals surface area (Å²) < 4.78 is 20.1. The number of amides is 1. The zero-order valence-electron chi connectivity index (χ0n) is 17.0. The van der Waals surface area contributed by atoms with Crippen LogP contribution in [-0.4, -0.2) is 40.7 Å². The number of aliphatic hydroxyl groups excluding tert-OH is 1. The minimum absolute atomic E-state index is 0.159. The second-order valence-corrected chi connectivity index (χ2v) is 7.86. The van der Waals surface area contributed by atoms with Crippen LogP contribution in [0.4, 0.5) is 15.8 Å². The van der Waals surface area contributed by atoms with E-state index < -0.39 is 11.9 Å². The number of aromatic nitrogens is 2. The zero-order valence-corrected chi connectivity index (χ0v) is 17.8. The Labute approximate surface area is 183 Å². The molecule has 9 heteroatoms. The molecule has 7 nitrogen and oxygen atoms in total. The van der Waals surface area contributed by atoms with Crippen molar-refractivity contribution in [3.8, 4) is 17.0 Å². The van der Waals surface area contributed by atoms with Crippen molar-refractivity contribution in [3.63, 3.8) is 0 Å². The van der Waals surface area contributed by atoms with Crippen molar-refractivity contribution in [3.05, 3.63) is 58.8 Å². The number of rotatable bonds is 6. The van der Waals surface area contributed by atoms with Gasteiger partial charge in [-0.2, -0.15) is 0 Å². The van der Waals surface area contributed by atoms with E-state index in [1.807, 2.05) is 0 Å². The largest absolute Gasteiger partial charge is 0.493 e. The summed E-state index contributed by atoms with van der Waals surface area (Å²) in [5.74, 6) is -0.586. The van der Waals surface area contributed by atoms with Crippen LogP contribution in [0.3, 0.4) is 0 Å². The van der Waals surface area contributed by atoms with Crippen LogP contribution >= 0.6 is 11.6 Å². The maximum Gasteiger partial charge on any atom is 0.255 e. The Hall–Kier alpha value is -3.10. The van der Waals surface area contributed by atoms with Crippen molar-refractivity contribution in [2.45, 2.75) is 25.4 Å². The number of para-hydroxylation sites is 1. The maximum absolute atomic E-state index is 14.7. The van der Waals surface area contributed by atoms with E-state index in [4.69, 9.17) is 16.3 Å². The molecule has 2 unspecified atom stereocenters. The summed E-state index contributed by atoms with van der Waals surface area (Å²) in [5.41, 5.74) is 2.59. The summed E-state index contributed by atoms with van der Waals surface area (Å²) in [6, 6.07) is 6.72. The predicted molar refractivity (Wildman–Crippen MR) is 117 cm³/mol. The number of benzene rings is 1. The number of aromatic amines is 1. The van der Waals surface area contributed by atoms with Gasteiger partial charge in [0.05, 0.1) is 47.1 Å². The third-order valence-electron chi connectivity index (χ3n) is 5.27. The normalized spacial score (nSPS) is 16.4. The van der Waals surface area contributed by atoms with Crippen LogP contribution < -0.4 is 15.4 Å². The third kappa shape index (κ3) is 3.96. The van der Waals surface area contributed by atoms with E-state index in [1.165, 1.54) is 19.4 Å². The molecule has 1 aliphatic rings. The summed E-state index contributed by atoms with van der Waals surface area (Å²) >= 11 is 6.26. The summed E-state index contributed by atoms with van der Waals surface area (Å²) in [6.45, 7) is 2.06. The molecule has 2 atom stereocenters. The minimum atomic E-state index is -0.568. The van der Waals surface area contributed by atoms with E-state index in [9.17, 15) is 14.3 Å². The highest BCUT2D eigenvalue weighted by Gasteiger charge is 2.34. The molecule has 4 rings (SSSR count). The summed E-state index contributed by atoms with van der Waals surface area (Å²) in [4.78, 5) is 19.9. The van der Waals surface area contributed by atoms with Crippen LogP contribution in [0.15, 0.2) is 36.7 Å². The molecular weight excluding hydrogens is 423 g/mol. The van der Waals surface area contributed by atoms with Crippen molar-refractivity contribution in [1.82, 2.24) is 15.3 Å². The summed E-state index contributed by atoms with van der Waals surface area (Å²) in [7, 11) is 1.49. The monoisotopic (exact) mass is 444 g/mol. The quantitative estimate of drug-likeness (QED) is 0.456. The zero-order chi connectivity index (χ0) is 22.1. The molecule has 0 bridgehead atoms. The number of nitrogens with zero attached hydrogens (tertiary/aromatic N) is 1. The number of carbonyl (C=O) groups excluding carboxylic acids is 1. The lowest BCUT2D eigenvalue weighted by molar-refractivity contribution is 0.0930. The number of anilines is 2. The van der Waals surface area contributed by atoms with E-state index >= 15 is 0 Å². The number of halogens is 2. The highest BCUT2D eigenvalue weighted by molar-refractivity contribution is 6.32. The van der Waals surface area contributed by atoms with Gasteiger partial charge in [-0.05, 0) is 31.5 Å². The number of H-pyrrole nitrogens is 1. The third-order valence-corrected chi connectivity index (χ3v) is 5.57. The average Bonchev–Trinajstić information content (AvgIpc) is 3.10. The lowest BCUT2D eigenvalue weighted by atomic mass is 9.91. The van der Waals surface area contributed by atoms with E-state index in [-0.39, 0.29) is 17.4 Å². The average molecular weight is 445 g/mol. The van der Waals surface area contributed by atoms with Crippen LogP contribution in [0.25, 0.3) is 11.3 Å². The molecule has 0 spiro atoms. The Bertz CT molecular complexity index is 1130. The number of methoxy groups -OCH3 is 1. The standard InChI is InChI=1S/C22H22ClFN4O3/c1-11(29)8-12-9-26-22(30)17-18(12)28-19(13-6-7-25-10-15(13)24)20(17)27-16-5-3-4-14(23)21(16)31-2/h3-7,10-12,27-29H,8-9H2,1-2H3,(H,26,30). The summed E-state index contributed by atoms with van der Waals surface area (Å²) in [5, 5.41) is 16.4. The van der Waals surface area contributed by atoms with E-state index in [1.54, 1.807) is 25.1 Å². The molecule has 2 aromatic heterocycles. The molecule has 0 fully saturated rings. The van der Waals surface area contributed by atoms with Gasteiger partial charge in [-0.15, -0.1) is 0 Å². The molecule has 1 aromatic carbocycles. The van der Waals surface area contributed by atoms with Crippen LogP contribution in [0.5, 0.6) is 5.75 Å². The van der Waals surface area contributed by atoms with Crippen LogP contribution in [-0.2, 0) is 0 Å². The van der Waals surface area contributed by atoms with Gasteiger partial charge in [0.15, 0.2) is 11.6 Å². The molecule has 4 N–H and O–H groups in total. The highest BCUT2D eigenvalue weighted by Crippen LogP contribution is 2.43. The molecule has 3 heterocycles. The Morgan fingerprint density at radius 2 is 2.23 bits per heavy atom. The molecule has 0 radical (unpaired) electrons. The van der Waals surface area contributed by atoms with Crippen LogP contribution in [0, 0.1) is 5.82 Å². The van der Waals surface area contributed by atoms with E-state index in [0.717, 1.165) is 6.20 Å². The van der Waals surface area contributed by atoms with Crippen molar-refractivity contribution in [2.75, 3.05) is 19.0 Å². The molecule has 31 heavy (non-hydrogen) atoms. The molecule has 1 amide bonds. The predicted octanol–water partition coefficient (Wildman–Crippen LogP) is 4.22. The lowest BCUT2D eigenvalue weighted by Crippen LogP contribution is -2.36. The van der Waals surface area contributed by atoms with Gasteiger partial charge in [-0.3, -0.25) is 9.78 Å². The number of carbonyl (C=O) groups is 1. The van der Waals surface area contributed by atoms with Gasteiger partial charge in [0.25, 0.3) is 5.91 Å². The van der Waals surface area contributed by atoms with Crippen molar-refractivity contribution >= 4 is 28.9 Å². The fourth-order valence-corrected chi connectivity index (χ4v) is 4.19. The number of pyridine rings is 1. The van der Waals surface area contributed by atoms with Gasteiger partial charge in [0.1, 0.15) is 0 Å². The van der Waals surface area contributed by atoms with Crippen LogP contribution in [0.1, 0.15) is 35.3 Å². The first kappa shape index (κ1) is 21.1. The van der Waals surface area contributed by atoms with Gasteiger partial charge in [-0.1, -0.05) is 17.7 Å². The van der Waals surface area contributed by atoms with Gasteiger partial charge < -0.3 is 25.5 Å². The molecular formula is C22H22ClFN4O3. The second-order valence-electron chi connectivity index (χ2n) is 7.46. The molecule has 1 aliphatic heterocycles. The fourth-order valence-electron chi connectivity index (χ4n) is 3.94. The van der Waals surface area contributed by atoms with Gasteiger partial charge in [0.2, 0.25) is 0 Å². The smallest absolute Gasteiger partial charge is 0.255 e. The molecule has 162 valence electrons. The number of hydrogen-bond acceptors (Lipinski definition) is 5. The van der Waals surface area contributed by atoms with E-state index in [0.29, 0.717) is 52.1 Å². The number of hydrogen-bond donors (Lipinski definition) is 4. The highest BCUT2D eigenvalue weighted by atomic mass is 35.5. The van der Waals surface area contributed by atoms with Gasteiger partial charge in [0, 0.05) is 29.9 Å². The summed E-state index contributed by atoms with van der Waals surface area (Å²) in [6.07, 6.45) is 2.47. The van der Waals surface area contributed by atoms with Crippen molar-refractivity contribution in [1.29, 1.82) is 0 Å². The number of fused-ring (bicyclic) bond motifs is 1. The topological polar surface area (TPSA) is 99.3 Å². The Morgan fingerprint density at radius 3 is 2.94 bits per heavy atom. The Kier molecular flexibility index (Phi) is 5.84. The maximum atomic E-state index is 14.7. The van der Waals surface area contributed by atoms with Gasteiger partial charge in [-0.25, -0.2) is 4.39 Å². The lowest BCUT2D eigenvalue weighted by Gasteiger charge is -2.24. The number of nitrogens with one attached hydrogen (secondary N) is 3. The van der Waals surface area contributed by atoms with E-state index in [2.05, 4.69) is 20.6 Å². The van der Waals surface area contributed by atoms with Crippen molar-refractivity contribution in [2.24, 2.45) is 0 Å². The SMILES string of the molecule is COc1c(Cl)cccc1Nc1c(-c2ccncc2F)[nH]c2c1C(=O)NCC2CC(C)O. The molecule has 0 aliphatic carbocycles. The second kappa shape index (κ2) is 8.56. The fraction of sp³-hybridized carbons (Fsp3) is 0.273. The first-order valence-electron chi connectivity index (χ1n) is 9.82. The number of ether oxygens (including phenoxy) is 1. The Morgan fingerprint density at radius 1 is 1.42 bits per heavy atom. The number of aliphatic hydroxyl groups is 1. The van der Waals surface area contributed by atoms with Crippen LogP contribution in [0.2, 0.25) is 5.02 Å². The minimum Gasteiger partial charge on any atom is -0.493 e. The molecule has 3 aromatic rings. The van der Waals surface area contributed by atoms with Crippen molar-refractivity contribution < 1.29 is 19.0 Å². The first-order chi connectivity index (χ1) is 14.9. The van der Waals surface area contributed by atoms with Gasteiger partial charge >= 0.3 is 0 Å². The molecule has 0 saturated carbocycles. The first-order valence-corrected chi connectivity index (χ1v) is 10.2. The Balaban J connectivity index is 1.93.